The van der Waals surface area contributed by atoms with E-state index in [9.17, 15) is 9.59 Å². The Bertz CT molecular complexity index is 1010. The maximum Gasteiger partial charge on any atom is 0.412 e. The number of carbonyl (C=O) groups excluding carboxylic acids is 2. The number of benzene rings is 1. The van der Waals surface area contributed by atoms with Gasteiger partial charge < -0.3 is 18.9 Å². The van der Waals surface area contributed by atoms with Crippen LogP contribution in [-0.2, 0) is 20.9 Å². The third-order valence-electron chi connectivity index (χ3n) is 3.87. The minimum Gasteiger partial charge on any atom is -0.463 e. The van der Waals surface area contributed by atoms with Crippen LogP contribution in [0.15, 0.2) is 71.1 Å². The Morgan fingerprint density at radius 3 is 2.57 bits per heavy atom. The molecule has 0 spiro atoms. The van der Waals surface area contributed by atoms with Crippen LogP contribution in [0.1, 0.15) is 31.9 Å². The molecule has 0 aliphatic heterocycles. The summed E-state index contributed by atoms with van der Waals surface area (Å²) < 4.78 is 16.0. The van der Waals surface area contributed by atoms with E-state index in [0.29, 0.717) is 11.3 Å². The van der Waals surface area contributed by atoms with Crippen molar-refractivity contribution in [2.75, 3.05) is 0 Å². The molecule has 1 aromatic carbocycles. The normalized spacial score (nSPS) is 11.8. The lowest BCUT2D eigenvalue weighted by molar-refractivity contribution is -0.150. The van der Waals surface area contributed by atoms with Crippen LogP contribution in [-0.4, -0.2) is 22.6 Å². The Hall–Kier alpha value is -3.74. The van der Waals surface area contributed by atoms with Gasteiger partial charge in [0.1, 0.15) is 23.7 Å². The van der Waals surface area contributed by atoms with Crippen LogP contribution in [0.4, 0.5) is 4.79 Å². The SMILES string of the molecule is CC(C)(C)OC(=O)/C(=C/c1c[nH]c(-c2ccco2)c1)NC(=O)OCc1ccccc1. The number of ether oxygens (including phenoxy) is 2. The van der Waals surface area contributed by atoms with E-state index in [2.05, 4.69) is 10.3 Å². The van der Waals surface area contributed by atoms with Crippen LogP contribution in [0.25, 0.3) is 17.5 Å². The number of furan rings is 1. The summed E-state index contributed by atoms with van der Waals surface area (Å²) in [5.41, 5.74) is 1.48. The molecule has 2 N–H and O–H groups in total. The second-order valence-corrected chi connectivity index (χ2v) is 7.57. The molecule has 0 aliphatic rings. The number of rotatable bonds is 6. The first-order valence-corrected chi connectivity index (χ1v) is 9.45. The van der Waals surface area contributed by atoms with Gasteiger partial charge in [-0.15, -0.1) is 0 Å². The molecule has 0 atom stereocenters. The number of hydrogen-bond acceptors (Lipinski definition) is 5. The molecule has 0 radical (unpaired) electrons. The molecule has 2 heterocycles. The summed E-state index contributed by atoms with van der Waals surface area (Å²) in [5.74, 6) is -0.0105. The molecule has 0 unspecified atom stereocenters. The van der Waals surface area contributed by atoms with Crippen molar-refractivity contribution in [3.8, 4) is 11.5 Å². The smallest absolute Gasteiger partial charge is 0.412 e. The number of alkyl carbamates (subject to hydrolysis) is 1. The van der Waals surface area contributed by atoms with Crippen LogP contribution in [0, 0.1) is 0 Å². The van der Waals surface area contributed by atoms with E-state index in [0.717, 1.165) is 11.3 Å². The van der Waals surface area contributed by atoms with E-state index in [-0.39, 0.29) is 12.3 Å². The quantitative estimate of drug-likeness (QED) is 0.448. The van der Waals surface area contributed by atoms with E-state index in [4.69, 9.17) is 13.9 Å². The van der Waals surface area contributed by atoms with Gasteiger partial charge in [-0.25, -0.2) is 9.59 Å². The average Bonchev–Trinajstić information content (AvgIpc) is 3.37. The van der Waals surface area contributed by atoms with Gasteiger partial charge in [-0.05, 0) is 56.2 Å². The highest BCUT2D eigenvalue weighted by Crippen LogP contribution is 2.21. The molecule has 7 heteroatoms. The molecule has 7 nitrogen and oxygen atoms in total. The summed E-state index contributed by atoms with van der Waals surface area (Å²) >= 11 is 0. The summed E-state index contributed by atoms with van der Waals surface area (Å²) in [7, 11) is 0. The summed E-state index contributed by atoms with van der Waals surface area (Å²) in [6.07, 6.45) is 4.03. The van der Waals surface area contributed by atoms with Crippen LogP contribution < -0.4 is 5.32 Å². The highest BCUT2D eigenvalue weighted by atomic mass is 16.6. The van der Waals surface area contributed by atoms with E-state index >= 15 is 0 Å². The van der Waals surface area contributed by atoms with Crippen molar-refractivity contribution >= 4 is 18.1 Å². The van der Waals surface area contributed by atoms with E-state index in [1.54, 1.807) is 45.4 Å². The van der Waals surface area contributed by atoms with Gasteiger partial charge in [0.25, 0.3) is 0 Å². The Morgan fingerprint density at radius 1 is 1.13 bits per heavy atom. The van der Waals surface area contributed by atoms with E-state index < -0.39 is 17.7 Å². The van der Waals surface area contributed by atoms with Crippen molar-refractivity contribution < 1.29 is 23.5 Å². The predicted octanol–water partition coefficient (Wildman–Crippen LogP) is 4.88. The lowest BCUT2D eigenvalue weighted by atomic mass is 10.2. The highest BCUT2D eigenvalue weighted by Gasteiger charge is 2.22. The molecular weight excluding hydrogens is 384 g/mol. The highest BCUT2D eigenvalue weighted by molar-refractivity contribution is 5.97. The Balaban J connectivity index is 1.75. The number of esters is 1. The molecule has 30 heavy (non-hydrogen) atoms. The average molecular weight is 408 g/mol. The Morgan fingerprint density at radius 2 is 1.90 bits per heavy atom. The topological polar surface area (TPSA) is 93.6 Å². The third-order valence-corrected chi connectivity index (χ3v) is 3.87. The van der Waals surface area contributed by atoms with Crippen LogP contribution in [0.5, 0.6) is 0 Å². The van der Waals surface area contributed by atoms with E-state index in [1.807, 2.05) is 36.4 Å². The second kappa shape index (κ2) is 9.17. The van der Waals surface area contributed by atoms with Crippen molar-refractivity contribution in [1.82, 2.24) is 10.3 Å². The van der Waals surface area contributed by atoms with Gasteiger partial charge in [-0.3, -0.25) is 5.32 Å². The molecule has 3 aromatic rings. The molecule has 0 saturated carbocycles. The van der Waals surface area contributed by atoms with Gasteiger partial charge in [0.2, 0.25) is 0 Å². The number of carbonyl (C=O) groups is 2. The van der Waals surface area contributed by atoms with Crippen LogP contribution in [0.2, 0.25) is 0 Å². The summed E-state index contributed by atoms with van der Waals surface area (Å²) in [4.78, 5) is 28.0. The minimum atomic E-state index is -0.752. The number of aromatic amines is 1. The predicted molar refractivity (Wildman–Crippen MR) is 112 cm³/mol. The zero-order chi connectivity index (χ0) is 21.6. The number of aromatic nitrogens is 1. The van der Waals surface area contributed by atoms with Gasteiger partial charge in [0, 0.05) is 6.20 Å². The standard InChI is InChI=1S/C23H24N2O5/c1-23(2,3)30-21(26)19(25-22(27)29-15-16-8-5-4-6-9-16)13-17-12-18(24-14-17)20-10-7-11-28-20/h4-14,24H,15H2,1-3H3,(H,25,27)/b19-13-. The fourth-order valence-electron chi connectivity index (χ4n) is 2.58. The van der Waals surface area contributed by atoms with Gasteiger partial charge in [0.05, 0.1) is 12.0 Å². The lowest BCUT2D eigenvalue weighted by Crippen LogP contribution is -2.33. The number of amides is 1. The zero-order valence-electron chi connectivity index (χ0n) is 17.1. The maximum absolute atomic E-state index is 12.6. The fraction of sp³-hybridized carbons (Fsp3) is 0.217. The maximum atomic E-state index is 12.6. The molecule has 1 amide bonds. The van der Waals surface area contributed by atoms with Gasteiger partial charge in [-0.1, -0.05) is 30.3 Å². The molecular formula is C23H24N2O5. The van der Waals surface area contributed by atoms with Crippen molar-refractivity contribution in [1.29, 1.82) is 0 Å². The van der Waals surface area contributed by atoms with Crippen LogP contribution >= 0.6 is 0 Å². The van der Waals surface area contributed by atoms with Crippen molar-refractivity contribution in [2.45, 2.75) is 33.0 Å². The summed E-state index contributed by atoms with van der Waals surface area (Å²) in [6, 6.07) is 14.6. The first-order valence-electron chi connectivity index (χ1n) is 9.45. The Labute approximate surface area is 174 Å². The second-order valence-electron chi connectivity index (χ2n) is 7.57. The molecule has 2 aromatic heterocycles. The van der Waals surface area contributed by atoms with Crippen LogP contribution in [0.3, 0.4) is 0 Å². The molecule has 3 rings (SSSR count). The lowest BCUT2D eigenvalue weighted by Gasteiger charge is -2.20. The molecule has 0 saturated heterocycles. The summed E-state index contributed by atoms with van der Waals surface area (Å²) in [5, 5.41) is 2.49. The molecule has 0 fully saturated rings. The Kier molecular flexibility index (Phi) is 6.41. The zero-order valence-corrected chi connectivity index (χ0v) is 17.1. The van der Waals surface area contributed by atoms with Crippen molar-refractivity contribution in [3.05, 3.63) is 77.8 Å². The molecule has 0 bridgehead atoms. The van der Waals surface area contributed by atoms with Gasteiger partial charge >= 0.3 is 12.1 Å². The first kappa shape index (κ1) is 21.0. The molecule has 0 aliphatic carbocycles. The minimum absolute atomic E-state index is 0.0343. The third kappa shape index (κ3) is 6.13. The van der Waals surface area contributed by atoms with Crippen molar-refractivity contribution in [3.63, 3.8) is 0 Å². The monoisotopic (exact) mass is 408 g/mol. The van der Waals surface area contributed by atoms with Crippen molar-refractivity contribution in [2.24, 2.45) is 0 Å². The number of hydrogen-bond donors (Lipinski definition) is 2. The first-order chi connectivity index (χ1) is 14.3. The largest absolute Gasteiger partial charge is 0.463 e. The molecule has 156 valence electrons. The number of nitrogens with one attached hydrogen (secondary N) is 2. The fourth-order valence-corrected chi connectivity index (χ4v) is 2.58. The summed E-state index contributed by atoms with van der Waals surface area (Å²) in [6.45, 7) is 5.34. The van der Waals surface area contributed by atoms with Gasteiger partial charge in [0.15, 0.2) is 0 Å². The van der Waals surface area contributed by atoms with Gasteiger partial charge in [-0.2, -0.15) is 0 Å². The number of H-pyrrole nitrogens is 1. The van der Waals surface area contributed by atoms with E-state index in [1.165, 1.54) is 6.08 Å².